The molecule has 2 aromatic rings. The molecule has 0 bridgehead atoms. The summed E-state index contributed by atoms with van der Waals surface area (Å²) in [6.45, 7) is 6.56. The number of carbonyl (C=O) groups excluding carboxylic acids is 1. The molecule has 3 nitrogen and oxygen atoms in total. The summed E-state index contributed by atoms with van der Waals surface area (Å²) in [5.41, 5.74) is 2.83. The average molecular weight is 505 g/mol. The molecule has 0 saturated carbocycles. The van der Waals surface area contributed by atoms with Crippen molar-refractivity contribution in [2.24, 2.45) is 4.99 Å². The first-order valence-corrected chi connectivity index (χ1v) is 14.0. The van der Waals surface area contributed by atoms with Crippen molar-refractivity contribution in [2.45, 2.75) is 32.9 Å². The van der Waals surface area contributed by atoms with E-state index in [0.29, 0.717) is 5.75 Å². The van der Waals surface area contributed by atoms with Crippen molar-refractivity contribution in [3.8, 4) is 15.8 Å². The number of phenols is 1. The molecule has 0 saturated heterocycles. The van der Waals surface area contributed by atoms with Gasteiger partial charge in [0.25, 0.3) is 0 Å². The van der Waals surface area contributed by atoms with Gasteiger partial charge in [0.1, 0.15) is 0 Å². The molecule has 1 aromatic carbocycles. The Morgan fingerprint density at radius 3 is 2.59 bits per heavy atom. The number of aliphatic imine (C=N–C) groups is 1. The first-order valence-electron chi connectivity index (χ1n) is 9.07. The van der Waals surface area contributed by atoms with E-state index in [1.165, 1.54) is 14.1 Å². The predicted octanol–water partition coefficient (Wildman–Crippen LogP) is 4.57. The van der Waals surface area contributed by atoms with E-state index in [2.05, 4.69) is 42.8 Å². The van der Waals surface area contributed by atoms with Gasteiger partial charge in [-0.1, -0.05) is 0 Å². The molecule has 0 fully saturated rings. The van der Waals surface area contributed by atoms with Gasteiger partial charge in [-0.2, -0.15) is 0 Å². The second-order valence-corrected chi connectivity index (χ2v) is 15.1. The van der Waals surface area contributed by atoms with E-state index >= 15 is 0 Å². The van der Waals surface area contributed by atoms with Gasteiger partial charge < -0.3 is 0 Å². The van der Waals surface area contributed by atoms with Gasteiger partial charge in [0.2, 0.25) is 0 Å². The second kappa shape index (κ2) is 6.85. The summed E-state index contributed by atoms with van der Waals surface area (Å²) >= 11 is 3.89. The van der Waals surface area contributed by atoms with Crippen LogP contribution in [0, 0.1) is 6.92 Å². The number of phenolic OH excluding ortho intramolecular Hbond substituents is 1. The van der Waals surface area contributed by atoms with Crippen molar-refractivity contribution in [1.82, 2.24) is 0 Å². The second-order valence-electron chi connectivity index (χ2n) is 6.97. The number of aromatic hydroxyl groups is 1. The number of hydrogen-bond donors (Lipinski definition) is 1. The molecule has 0 amide bonds. The topological polar surface area (TPSA) is 49.7 Å². The van der Waals surface area contributed by atoms with Crippen LogP contribution in [0.1, 0.15) is 18.3 Å². The average Bonchev–Trinajstić information content (AvgIpc) is 2.98. The van der Waals surface area contributed by atoms with Crippen LogP contribution in [-0.4, -0.2) is 39.2 Å². The van der Waals surface area contributed by atoms with Crippen LogP contribution in [-0.2, 0) is 4.79 Å². The number of nitrogens with zero attached hydrogens (tertiary/aromatic N) is 1. The molecule has 138 valence electrons. The van der Waals surface area contributed by atoms with Crippen LogP contribution < -0.4 is 5.19 Å². The van der Waals surface area contributed by atoms with Gasteiger partial charge in [-0.3, -0.25) is 0 Å². The number of halogens is 1. The van der Waals surface area contributed by atoms with Crippen molar-refractivity contribution < 1.29 is 9.90 Å². The Morgan fingerprint density at radius 1 is 1.22 bits per heavy atom. The number of rotatable bonds is 3. The van der Waals surface area contributed by atoms with E-state index < -0.39 is 8.07 Å². The SMILES string of the molecule is CC[Si]1(CC)C2=CC(=O)C=CC2=Nc2ccc(O)c(-c3[se]c(C)cc3Br)c21. The molecule has 4 rings (SSSR count). The zero-order chi connectivity index (χ0) is 19.3. The Balaban J connectivity index is 2.13. The molecule has 1 aliphatic carbocycles. The molecule has 1 aromatic heterocycles. The molecule has 2 heterocycles. The molecule has 1 N–H and O–H groups in total. The standard InChI is InChI=1S/C21H20BrNO2SeSi/c1-4-27(5-2)18-11-13(24)6-7-15(18)23-16-8-9-17(25)19(21(16)27)20-14(22)10-12(3)26-20/h6-11,25H,4-5H2,1-3H3. The molecule has 0 spiro atoms. The fourth-order valence-electron chi connectivity index (χ4n) is 4.29. The number of benzene rings is 1. The molecule has 0 radical (unpaired) electrons. The minimum absolute atomic E-state index is 0.0378. The molecule has 0 atom stereocenters. The summed E-state index contributed by atoms with van der Waals surface area (Å²) < 4.78 is 3.57. The van der Waals surface area contributed by atoms with Gasteiger partial charge >= 0.3 is 175 Å². The van der Waals surface area contributed by atoms with Gasteiger partial charge in [-0.05, 0) is 0 Å². The third kappa shape index (κ3) is 2.81. The summed E-state index contributed by atoms with van der Waals surface area (Å²) in [6, 6.07) is 7.81. The van der Waals surface area contributed by atoms with Gasteiger partial charge in [-0.15, -0.1) is 0 Å². The molecule has 2 aliphatic rings. The van der Waals surface area contributed by atoms with Gasteiger partial charge in [0.15, 0.2) is 0 Å². The Bertz CT molecular complexity index is 1060. The van der Waals surface area contributed by atoms with Crippen LogP contribution in [0.15, 0.2) is 51.1 Å². The Labute approximate surface area is 174 Å². The number of aryl methyl sites for hydroxylation is 1. The number of ketones is 1. The Morgan fingerprint density at radius 2 is 1.96 bits per heavy atom. The van der Waals surface area contributed by atoms with E-state index in [1.54, 1.807) is 18.2 Å². The maximum atomic E-state index is 12.2. The number of allylic oxidation sites excluding steroid dienone is 4. The maximum absolute atomic E-state index is 12.2. The zero-order valence-corrected chi connectivity index (χ0v) is 19.8. The monoisotopic (exact) mass is 505 g/mol. The van der Waals surface area contributed by atoms with E-state index in [4.69, 9.17) is 4.99 Å². The summed E-state index contributed by atoms with van der Waals surface area (Å²) in [4.78, 5) is 17.1. The number of carbonyl (C=O) groups is 1. The van der Waals surface area contributed by atoms with Crippen molar-refractivity contribution in [3.63, 3.8) is 0 Å². The molecular formula is C21H20BrNO2SeSi. The molecule has 27 heavy (non-hydrogen) atoms. The van der Waals surface area contributed by atoms with E-state index in [9.17, 15) is 9.90 Å². The van der Waals surface area contributed by atoms with Gasteiger partial charge in [0, 0.05) is 0 Å². The van der Waals surface area contributed by atoms with Crippen molar-refractivity contribution in [2.75, 3.05) is 0 Å². The Kier molecular flexibility index (Phi) is 4.79. The minimum atomic E-state index is -2.22. The quantitative estimate of drug-likeness (QED) is 0.491. The Hall–Kier alpha value is -1.46. The molecule has 6 heteroatoms. The van der Waals surface area contributed by atoms with Crippen molar-refractivity contribution in [3.05, 3.63) is 50.5 Å². The van der Waals surface area contributed by atoms with E-state index in [1.807, 2.05) is 12.1 Å². The number of hydrogen-bond acceptors (Lipinski definition) is 3. The first-order chi connectivity index (χ1) is 12.9. The van der Waals surface area contributed by atoms with Crippen molar-refractivity contribution >= 4 is 60.9 Å². The molecular weight excluding hydrogens is 485 g/mol. The van der Waals surface area contributed by atoms with Gasteiger partial charge in [-0.25, -0.2) is 0 Å². The summed E-state index contributed by atoms with van der Waals surface area (Å²) in [5.74, 6) is 0.359. The third-order valence-electron chi connectivity index (χ3n) is 5.61. The van der Waals surface area contributed by atoms with Crippen LogP contribution in [0.5, 0.6) is 5.75 Å². The summed E-state index contributed by atoms with van der Waals surface area (Å²) in [5, 5.41) is 13.2. The fourth-order valence-corrected chi connectivity index (χ4v) is 12.5. The van der Waals surface area contributed by atoms with Crippen LogP contribution in [0.3, 0.4) is 0 Å². The van der Waals surface area contributed by atoms with Crippen LogP contribution in [0.4, 0.5) is 5.69 Å². The molecule has 0 unspecified atom stereocenters. The van der Waals surface area contributed by atoms with Crippen LogP contribution in [0.25, 0.3) is 10.0 Å². The van der Waals surface area contributed by atoms with Crippen LogP contribution in [0.2, 0.25) is 12.1 Å². The van der Waals surface area contributed by atoms with E-state index in [0.717, 1.165) is 38.7 Å². The normalized spacial score (nSPS) is 17.3. The van der Waals surface area contributed by atoms with Gasteiger partial charge in [0.05, 0.1) is 0 Å². The predicted molar refractivity (Wildman–Crippen MR) is 119 cm³/mol. The summed E-state index contributed by atoms with van der Waals surface area (Å²) in [6.07, 6.45) is 5.26. The molecule has 1 aliphatic heterocycles. The number of fused-ring (bicyclic) bond motifs is 2. The first kappa shape index (κ1) is 18.9. The van der Waals surface area contributed by atoms with Crippen molar-refractivity contribution in [1.29, 1.82) is 0 Å². The van der Waals surface area contributed by atoms with Crippen LogP contribution >= 0.6 is 15.9 Å². The summed E-state index contributed by atoms with van der Waals surface area (Å²) in [7, 11) is -2.22. The van der Waals surface area contributed by atoms with E-state index in [-0.39, 0.29) is 20.3 Å². The zero-order valence-electron chi connectivity index (χ0n) is 15.5. The third-order valence-corrected chi connectivity index (χ3v) is 14.4. The fraction of sp³-hybridized carbons (Fsp3) is 0.238.